The molecule has 1 aromatic carbocycles. The third-order valence-electron chi connectivity index (χ3n) is 4.14. The second kappa shape index (κ2) is 7.20. The Morgan fingerprint density at radius 2 is 2.00 bits per heavy atom. The minimum Gasteiger partial charge on any atom is -0.300 e. The third kappa shape index (κ3) is 4.78. The molecule has 7 heteroatoms. The smallest absolute Gasteiger partial charge is 0.210 e. The van der Waals surface area contributed by atoms with Crippen molar-refractivity contribution in [3.8, 4) is 6.07 Å². The maximum Gasteiger partial charge on any atom is 0.210 e. The van der Waals surface area contributed by atoms with Crippen LogP contribution in [0.25, 0.3) is 0 Å². The van der Waals surface area contributed by atoms with E-state index in [-0.39, 0.29) is 11.8 Å². The van der Waals surface area contributed by atoms with Gasteiger partial charge in [-0.15, -0.1) is 0 Å². The van der Waals surface area contributed by atoms with Crippen LogP contribution in [0.15, 0.2) is 24.3 Å². The first-order valence-electron chi connectivity index (χ1n) is 7.36. The number of nitrogens with two attached hydrogens (primary N) is 1. The largest absolute Gasteiger partial charge is 0.300 e. The molecule has 6 nitrogen and oxygen atoms in total. The molecule has 0 aliphatic carbocycles. The summed E-state index contributed by atoms with van der Waals surface area (Å²) in [5.41, 5.74) is 1.81. The Kier molecular flexibility index (Phi) is 5.53. The second-order valence-corrected chi connectivity index (χ2v) is 7.39. The Bertz CT molecular complexity index is 646. The van der Waals surface area contributed by atoms with E-state index in [0.29, 0.717) is 12.1 Å². The number of benzene rings is 1. The van der Waals surface area contributed by atoms with E-state index in [9.17, 15) is 8.42 Å². The van der Waals surface area contributed by atoms with Gasteiger partial charge in [-0.05, 0) is 24.6 Å². The van der Waals surface area contributed by atoms with Gasteiger partial charge in [0.05, 0.1) is 17.4 Å². The zero-order valence-electron chi connectivity index (χ0n) is 12.8. The highest BCUT2D eigenvalue weighted by molar-refractivity contribution is 7.89. The van der Waals surface area contributed by atoms with Gasteiger partial charge in [0.2, 0.25) is 10.0 Å². The van der Waals surface area contributed by atoms with E-state index in [0.717, 1.165) is 31.7 Å². The fourth-order valence-electron chi connectivity index (χ4n) is 2.71. The van der Waals surface area contributed by atoms with Gasteiger partial charge < -0.3 is 0 Å². The number of nitriles is 1. The van der Waals surface area contributed by atoms with Crippen LogP contribution in [-0.2, 0) is 10.0 Å². The van der Waals surface area contributed by atoms with Gasteiger partial charge in [-0.1, -0.05) is 12.1 Å². The highest BCUT2D eigenvalue weighted by Gasteiger charge is 2.22. The van der Waals surface area contributed by atoms with E-state index < -0.39 is 10.0 Å². The molecule has 1 heterocycles. The van der Waals surface area contributed by atoms with E-state index in [2.05, 4.69) is 22.8 Å². The van der Waals surface area contributed by atoms with E-state index >= 15 is 0 Å². The number of sulfonamides is 1. The lowest BCUT2D eigenvalue weighted by atomic mass is 10.0. The SMILES string of the molecule is CC(c1cccc(C#N)c1)N1CCN(CCS(N)(=O)=O)CC1. The van der Waals surface area contributed by atoms with Crippen LogP contribution in [0.4, 0.5) is 0 Å². The van der Waals surface area contributed by atoms with Gasteiger partial charge in [0.25, 0.3) is 0 Å². The molecule has 0 amide bonds. The Hall–Kier alpha value is -1.46. The predicted octanol–water partition coefficient (Wildman–Crippen LogP) is 0.525. The van der Waals surface area contributed by atoms with Crippen LogP contribution in [0.2, 0.25) is 0 Å². The summed E-state index contributed by atoms with van der Waals surface area (Å²) >= 11 is 0. The Morgan fingerprint density at radius 1 is 1.32 bits per heavy atom. The maximum absolute atomic E-state index is 11.0. The average Bonchev–Trinajstić information content (AvgIpc) is 2.52. The number of nitrogens with zero attached hydrogens (tertiary/aromatic N) is 3. The normalized spacial score (nSPS) is 18.8. The molecule has 0 saturated carbocycles. The molecular formula is C15H22N4O2S. The van der Waals surface area contributed by atoms with Crippen LogP contribution in [0.5, 0.6) is 0 Å². The van der Waals surface area contributed by atoms with Crippen LogP contribution >= 0.6 is 0 Å². The van der Waals surface area contributed by atoms with Crippen molar-refractivity contribution in [3.63, 3.8) is 0 Å². The van der Waals surface area contributed by atoms with Gasteiger partial charge in [0, 0.05) is 38.8 Å². The second-order valence-electron chi connectivity index (χ2n) is 5.66. The molecule has 22 heavy (non-hydrogen) atoms. The van der Waals surface area contributed by atoms with Crippen molar-refractivity contribution in [3.05, 3.63) is 35.4 Å². The van der Waals surface area contributed by atoms with Crippen molar-refractivity contribution in [2.75, 3.05) is 38.5 Å². The number of hydrogen-bond donors (Lipinski definition) is 1. The van der Waals surface area contributed by atoms with Gasteiger partial charge >= 0.3 is 0 Å². The fraction of sp³-hybridized carbons (Fsp3) is 0.533. The Labute approximate surface area is 132 Å². The maximum atomic E-state index is 11.0. The molecule has 1 aromatic rings. The lowest BCUT2D eigenvalue weighted by Gasteiger charge is -2.38. The summed E-state index contributed by atoms with van der Waals surface area (Å²) in [5, 5.41) is 14.0. The summed E-state index contributed by atoms with van der Waals surface area (Å²) in [6.45, 7) is 6.04. The molecule has 1 aliphatic rings. The molecule has 120 valence electrons. The number of primary sulfonamides is 1. The lowest BCUT2D eigenvalue weighted by molar-refractivity contribution is 0.106. The zero-order valence-corrected chi connectivity index (χ0v) is 13.6. The molecule has 2 rings (SSSR count). The summed E-state index contributed by atoms with van der Waals surface area (Å²) in [6.07, 6.45) is 0. The molecule has 2 N–H and O–H groups in total. The molecule has 1 unspecified atom stereocenters. The molecule has 0 spiro atoms. The van der Waals surface area contributed by atoms with Crippen molar-refractivity contribution < 1.29 is 8.42 Å². The van der Waals surface area contributed by atoms with Gasteiger partial charge in [-0.3, -0.25) is 9.80 Å². The summed E-state index contributed by atoms with van der Waals surface area (Å²) in [4.78, 5) is 4.48. The number of piperazine rings is 1. The summed E-state index contributed by atoms with van der Waals surface area (Å²) < 4.78 is 22.0. The molecular weight excluding hydrogens is 300 g/mol. The molecule has 0 aromatic heterocycles. The molecule has 1 atom stereocenters. The third-order valence-corrected chi connectivity index (χ3v) is 4.90. The minimum absolute atomic E-state index is 0.00671. The van der Waals surface area contributed by atoms with Gasteiger partial charge in [-0.2, -0.15) is 5.26 Å². The van der Waals surface area contributed by atoms with Crippen molar-refractivity contribution >= 4 is 10.0 Å². The van der Waals surface area contributed by atoms with E-state index in [1.807, 2.05) is 18.2 Å². The monoisotopic (exact) mass is 322 g/mol. The van der Waals surface area contributed by atoms with E-state index in [4.69, 9.17) is 10.4 Å². The Balaban J connectivity index is 1.89. The molecule has 1 aliphatic heterocycles. The number of hydrogen-bond acceptors (Lipinski definition) is 5. The topological polar surface area (TPSA) is 90.4 Å². The highest BCUT2D eigenvalue weighted by Crippen LogP contribution is 2.22. The first-order chi connectivity index (χ1) is 10.4. The van der Waals surface area contributed by atoms with Crippen molar-refractivity contribution in [2.45, 2.75) is 13.0 Å². The van der Waals surface area contributed by atoms with Crippen molar-refractivity contribution in [2.24, 2.45) is 5.14 Å². The van der Waals surface area contributed by atoms with E-state index in [1.54, 1.807) is 6.07 Å². The van der Waals surface area contributed by atoms with Gasteiger partial charge in [-0.25, -0.2) is 13.6 Å². The molecule has 0 bridgehead atoms. The first kappa shape index (κ1) is 16.9. The quantitative estimate of drug-likeness (QED) is 0.854. The minimum atomic E-state index is -3.39. The van der Waals surface area contributed by atoms with Crippen molar-refractivity contribution in [1.82, 2.24) is 9.80 Å². The van der Waals surface area contributed by atoms with Gasteiger partial charge in [0.15, 0.2) is 0 Å². The molecule has 1 saturated heterocycles. The summed E-state index contributed by atoms with van der Waals surface area (Å²) in [6, 6.07) is 10.1. The van der Waals surface area contributed by atoms with E-state index in [1.165, 1.54) is 0 Å². The predicted molar refractivity (Wildman–Crippen MR) is 85.6 cm³/mol. The molecule has 1 fully saturated rings. The van der Waals surface area contributed by atoms with Crippen LogP contribution in [-0.4, -0.2) is 56.7 Å². The Morgan fingerprint density at radius 3 is 2.59 bits per heavy atom. The standard InChI is InChI=1S/C15H22N4O2S/c1-13(15-4-2-3-14(11-15)12-16)19-7-5-18(6-8-19)9-10-22(17,20)21/h2-4,11,13H,5-10H2,1H3,(H2,17,20,21). The van der Waals surface area contributed by atoms with Crippen LogP contribution < -0.4 is 5.14 Å². The van der Waals surface area contributed by atoms with Crippen molar-refractivity contribution in [1.29, 1.82) is 5.26 Å². The van der Waals surface area contributed by atoms with Crippen LogP contribution in [0, 0.1) is 11.3 Å². The lowest BCUT2D eigenvalue weighted by Crippen LogP contribution is -2.48. The first-order valence-corrected chi connectivity index (χ1v) is 9.07. The van der Waals surface area contributed by atoms with Crippen LogP contribution in [0.3, 0.4) is 0 Å². The molecule has 0 radical (unpaired) electrons. The van der Waals surface area contributed by atoms with Gasteiger partial charge in [0.1, 0.15) is 0 Å². The highest BCUT2D eigenvalue weighted by atomic mass is 32.2. The summed E-state index contributed by atoms with van der Waals surface area (Å²) in [5.74, 6) is 0.00671. The average molecular weight is 322 g/mol. The zero-order chi connectivity index (χ0) is 16.2. The summed E-state index contributed by atoms with van der Waals surface area (Å²) in [7, 11) is -3.39. The number of rotatable bonds is 5. The fourth-order valence-corrected chi connectivity index (χ4v) is 3.22. The van der Waals surface area contributed by atoms with Crippen LogP contribution in [0.1, 0.15) is 24.1 Å².